The van der Waals surface area contributed by atoms with Crippen molar-refractivity contribution >= 4 is 22.7 Å². The van der Waals surface area contributed by atoms with Gasteiger partial charge in [-0.05, 0) is 12.8 Å². The maximum absolute atomic E-state index is 10.1. The van der Waals surface area contributed by atoms with Crippen LogP contribution < -0.4 is 29.6 Å². The maximum atomic E-state index is 10.1. The van der Waals surface area contributed by atoms with E-state index in [9.17, 15) is 13.0 Å². The Hall–Kier alpha value is 1.26. The average molecular weight is 206 g/mol. The first-order valence-corrected chi connectivity index (χ1v) is 5.16. The molecule has 0 rings (SSSR count). The van der Waals surface area contributed by atoms with E-state index in [-0.39, 0.29) is 40.6 Å². The molecule has 0 N–H and O–H groups in total. The van der Waals surface area contributed by atoms with Gasteiger partial charge in [-0.25, -0.2) is 8.42 Å². The Balaban J connectivity index is 0. The van der Waals surface area contributed by atoms with Gasteiger partial charge < -0.3 is 4.55 Å². The molecule has 11 heavy (non-hydrogen) atoms. The van der Waals surface area contributed by atoms with Crippen LogP contribution >= 0.6 is 12.6 Å². The molecule has 0 spiro atoms. The van der Waals surface area contributed by atoms with Gasteiger partial charge in [0.1, 0.15) is 0 Å². The summed E-state index contributed by atoms with van der Waals surface area (Å²) >= 11 is 4.04. The van der Waals surface area contributed by atoms with Crippen LogP contribution in [0.5, 0.6) is 0 Å². The molecule has 0 aliphatic carbocycles. The minimum absolute atomic E-state index is 0. The summed E-state index contributed by atoms with van der Waals surface area (Å²) in [5.74, 6) is -0.297. The predicted molar refractivity (Wildman–Crippen MR) is 42.2 cm³/mol. The Morgan fingerprint density at radius 3 is 2.27 bits per heavy atom. The summed E-state index contributed by atoms with van der Waals surface area (Å²) in [6.07, 6.45) is 1.14. The van der Waals surface area contributed by atoms with Gasteiger partial charge in [-0.15, -0.1) is 0 Å². The zero-order valence-electron chi connectivity index (χ0n) is 6.78. The van der Waals surface area contributed by atoms with Crippen molar-refractivity contribution in [2.24, 2.45) is 0 Å². The molecular weight excluding hydrogens is 195 g/mol. The quantitative estimate of drug-likeness (QED) is 0.318. The molecule has 0 aromatic heterocycles. The smallest absolute Gasteiger partial charge is 0.748 e. The van der Waals surface area contributed by atoms with E-state index in [0.29, 0.717) is 6.42 Å². The first kappa shape index (κ1) is 14.8. The van der Waals surface area contributed by atoms with Gasteiger partial charge in [-0.3, -0.25) is 0 Å². The Morgan fingerprint density at radius 2 is 2.00 bits per heavy atom. The molecule has 0 aliphatic rings. The first-order chi connectivity index (χ1) is 4.45. The molecule has 6 heteroatoms. The maximum Gasteiger partial charge on any atom is 1.00 e. The Kier molecular flexibility index (Phi) is 9.05. The van der Waals surface area contributed by atoms with E-state index in [2.05, 4.69) is 12.6 Å². The van der Waals surface area contributed by atoms with Gasteiger partial charge in [0.2, 0.25) is 0 Å². The fourth-order valence-corrected chi connectivity index (χ4v) is 1.36. The Labute approximate surface area is 95.4 Å². The van der Waals surface area contributed by atoms with Gasteiger partial charge >= 0.3 is 29.6 Å². The van der Waals surface area contributed by atoms with Crippen LogP contribution in [-0.4, -0.2) is 24.0 Å². The zero-order valence-corrected chi connectivity index (χ0v) is 10.5. The third-order valence-electron chi connectivity index (χ3n) is 1.17. The van der Waals surface area contributed by atoms with E-state index in [4.69, 9.17) is 0 Å². The van der Waals surface area contributed by atoms with E-state index in [1.165, 1.54) is 0 Å². The summed E-state index contributed by atoms with van der Waals surface area (Å²) in [5, 5.41) is 0.0312. The summed E-state index contributed by atoms with van der Waals surface area (Å²) < 4.78 is 30.2. The average Bonchev–Trinajstić information content (AvgIpc) is 1.81. The minimum Gasteiger partial charge on any atom is -0.748 e. The fraction of sp³-hybridized carbons (Fsp3) is 1.00. The van der Waals surface area contributed by atoms with E-state index >= 15 is 0 Å². The van der Waals surface area contributed by atoms with Crippen molar-refractivity contribution in [3.63, 3.8) is 0 Å². The van der Waals surface area contributed by atoms with Crippen LogP contribution in [0.3, 0.4) is 0 Å². The van der Waals surface area contributed by atoms with Gasteiger partial charge in [0.25, 0.3) is 0 Å². The molecule has 0 aromatic rings. The minimum atomic E-state index is -4.03. The molecule has 0 amide bonds. The number of thiol groups is 1. The van der Waals surface area contributed by atoms with Crippen molar-refractivity contribution in [1.82, 2.24) is 0 Å². The molecule has 0 heterocycles. The van der Waals surface area contributed by atoms with Crippen LogP contribution in [0.4, 0.5) is 0 Å². The van der Waals surface area contributed by atoms with Crippen molar-refractivity contribution in [3.8, 4) is 0 Å². The van der Waals surface area contributed by atoms with Crippen molar-refractivity contribution < 1.29 is 42.5 Å². The molecule has 0 aromatic carbocycles. The number of hydrogen-bond donors (Lipinski definition) is 1. The van der Waals surface area contributed by atoms with Gasteiger partial charge in [0, 0.05) is 11.0 Å². The number of hydrogen-bond acceptors (Lipinski definition) is 4. The molecular formula is C5H11NaO3S2. The van der Waals surface area contributed by atoms with Gasteiger partial charge in [0.15, 0.2) is 0 Å². The second kappa shape index (κ2) is 6.74. The molecule has 1 unspecified atom stereocenters. The van der Waals surface area contributed by atoms with Gasteiger partial charge in [0.05, 0.1) is 10.1 Å². The molecule has 0 aliphatic heterocycles. The van der Waals surface area contributed by atoms with Crippen LogP contribution in [-0.2, 0) is 10.1 Å². The summed E-state index contributed by atoms with van der Waals surface area (Å²) in [6.45, 7) is 1.90. The second-order valence-corrected chi connectivity index (χ2v) is 4.37. The predicted octanol–water partition coefficient (Wildman–Crippen LogP) is -2.37. The Bertz CT molecular complexity index is 178. The molecule has 0 saturated heterocycles. The molecule has 0 saturated carbocycles. The third-order valence-corrected chi connectivity index (χ3v) is 2.53. The van der Waals surface area contributed by atoms with Gasteiger partial charge in [-0.1, -0.05) is 6.92 Å². The van der Waals surface area contributed by atoms with Crippen molar-refractivity contribution in [3.05, 3.63) is 0 Å². The van der Waals surface area contributed by atoms with E-state index in [1.54, 1.807) is 0 Å². The summed E-state index contributed by atoms with van der Waals surface area (Å²) in [4.78, 5) is 0. The van der Waals surface area contributed by atoms with Crippen LogP contribution in [0.15, 0.2) is 0 Å². The molecule has 0 bridgehead atoms. The van der Waals surface area contributed by atoms with E-state index < -0.39 is 10.1 Å². The normalized spacial score (nSPS) is 13.7. The second-order valence-electron chi connectivity index (χ2n) is 2.11. The van der Waals surface area contributed by atoms with E-state index in [0.717, 1.165) is 6.42 Å². The number of rotatable bonds is 4. The van der Waals surface area contributed by atoms with Gasteiger partial charge in [-0.2, -0.15) is 12.6 Å². The Morgan fingerprint density at radius 1 is 1.55 bits per heavy atom. The SMILES string of the molecule is CCC(S)CCS(=O)(=O)[O-].[Na+]. The molecule has 0 radical (unpaired) electrons. The summed E-state index contributed by atoms with van der Waals surface area (Å²) in [6, 6.07) is 0. The van der Waals surface area contributed by atoms with Crippen molar-refractivity contribution in [2.75, 3.05) is 5.75 Å². The third kappa shape index (κ3) is 11.3. The first-order valence-electron chi connectivity index (χ1n) is 3.07. The topological polar surface area (TPSA) is 57.2 Å². The van der Waals surface area contributed by atoms with E-state index in [1.807, 2.05) is 6.92 Å². The standard InChI is InChI=1S/C5H12O3S2.Na/c1-2-5(9)3-4-10(6,7)8;/h5,9H,2-4H2,1H3,(H,6,7,8);/q;+1/p-1. The zero-order chi connectivity index (χ0) is 8.20. The van der Waals surface area contributed by atoms with Crippen LogP contribution in [0.25, 0.3) is 0 Å². The molecule has 0 fully saturated rings. The molecule has 3 nitrogen and oxygen atoms in total. The van der Waals surface area contributed by atoms with Crippen LogP contribution in [0.1, 0.15) is 19.8 Å². The van der Waals surface area contributed by atoms with Crippen LogP contribution in [0.2, 0.25) is 0 Å². The largest absolute Gasteiger partial charge is 1.00 e. The fourth-order valence-electron chi connectivity index (χ4n) is 0.484. The van der Waals surface area contributed by atoms with Crippen LogP contribution in [0, 0.1) is 0 Å². The molecule has 62 valence electrons. The van der Waals surface area contributed by atoms with Crippen molar-refractivity contribution in [1.29, 1.82) is 0 Å². The summed E-state index contributed by atoms with van der Waals surface area (Å²) in [5.41, 5.74) is 0. The van der Waals surface area contributed by atoms with Crippen molar-refractivity contribution in [2.45, 2.75) is 25.0 Å². The summed E-state index contributed by atoms with van der Waals surface area (Å²) in [7, 11) is -4.03. The monoisotopic (exact) mass is 206 g/mol. The molecule has 1 atom stereocenters.